The second-order valence-corrected chi connectivity index (χ2v) is 13.9. The molecule has 0 heterocycles. The van der Waals surface area contributed by atoms with Gasteiger partial charge in [-0.05, 0) is 98.1 Å². The number of benzene rings is 2. The van der Waals surface area contributed by atoms with Gasteiger partial charge in [-0.1, -0.05) is 78.0 Å². The van der Waals surface area contributed by atoms with Gasteiger partial charge >= 0.3 is 5.97 Å². The summed E-state index contributed by atoms with van der Waals surface area (Å²) in [5.41, 5.74) is 5.41. The Bertz CT molecular complexity index is 1190. The van der Waals surface area contributed by atoms with E-state index in [4.69, 9.17) is 9.84 Å². The molecule has 0 saturated carbocycles. The molecular formula is C35H54O6. The van der Waals surface area contributed by atoms with Crippen molar-refractivity contribution < 1.29 is 30.0 Å². The zero-order valence-corrected chi connectivity index (χ0v) is 27.2. The fourth-order valence-corrected chi connectivity index (χ4v) is 4.33. The van der Waals surface area contributed by atoms with Gasteiger partial charge < -0.3 is 25.2 Å². The minimum atomic E-state index is -0.849. The number of hydrogen-bond acceptors (Lipinski definition) is 6. The first-order valence-corrected chi connectivity index (χ1v) is 14.4. The molecule has 6 nitrogen and oxygen atoms in total. The predicted octanol–water partition coefficient (Wildman–Crippen LogP) is 7.11. The third-order valence-electron chi connectivity index (χ3n) is 7.00. The quantitative estimate of drug-likeness (QED) is 0.189. The molecule has 2 rings (SSSR count). The lowest BCUT2D eigenvalue weighted by Crippen LogP contribution is -2.32. The van der Waals surface area contributed by atoms with Gasteiger partial charge in [-0.25, -0.2) is 0 Å². The number of hydrogen-bond donors (Lipinski definition) is 4. The summed E-state index contributed by atoms with van der Waals surface area (Å²) in [5.74, 6) is 0.374. The smallest absolute Gasteiger partial charge is 0.306 e. The first-order valence-electron chi connectivity index (χ1n) is 14.4. The van der Waals surface area contributed by atoms with Crippen molar-refractivity contribution in [1.82, 2.24) is 0 Å². The number of rotatable bonds is 9. The maximum Gasteiger partial charge on any atom is 0.306 e. The van der Waals surface area contributed by atoms with Crippen molar-refractivity contribution in [3.63, 3.8) is 0 Å². The van der Waals surface area contributed by atoms with E-state index in [-0.39, 0.29) is 29.8 Å². The molecule has 2 aromatic rings. The summed E-state index contributed by atoms with van der Waals surface area (Å²) in [6.07, 6.45) is 1.80. The van der Waals surface area contributed by atoms with Gasteiger partial charge in [0.1, 0.15) is 17.1 Å². The van der Waals surface area contributed by atoms with Gasteiger partial charge in [0.2, 0.25) is 0 Å². The Morgan fingerprint density at radius 2 is 1.24 bits per heavy atom. The molecule has 230 valence electrons. The third kappa shape index (κ3) is 11.5. The number of aryl methyl sites for hydroxylation is 4. The van der Waals surface area contributed by atoms with Crippen molar-refractivity contribution in [1.29, 1.82) is 0 Å². The molecule has 0 aliphatic rings. The molecule has 2 aromatic carbocycles. The first kappa shape index (κ1) is 36.2. The van der Waals surface area contributed by atoms with E-state index < -0.39 is 11.7 Å². The maximum absolute atomic E-state index is 11.8. The minimum absolute atomic E-state index is 0.0855. The van der Waals surface area contributed by atoms with Gasteiger partial charge in [0, 0.05) is 6.42 Å². The number of phenolic OH excluding ortho intramolecular Hbond substituents is 2. The molecule has 0 aromatic heterocycles. The fourth-order valence-electron chi connectivity index (χ4n) is 4.33. The summed E-state index contributed by atoms with van der Waals surface area (Å²) in [4.78, 5) is 11.8. The molecule has 0 spiro atoms. The molecule has 41 heavy (non-hydrogen) atoms. The minimum Gasteiger partial charge on any atom is -0.507 e. The number of esters is 1. The second kappa shape index (κ2) is 14.4. The van der Waals surface area contributed by atoms with E-state index in [0.29, 0.717) is 24.3 Å². The summed E-state index contributed by atoms with van der Waals surface area (Å²) < 4.78 is 5.22. The predicted molar refractivity (Wildman–Crippen MR) is 168 cm³/mol. The Morgan fingerprint density at radius 1 is 0.829 bits per heavy atom. The number of phenols is 2. The van der Waals surface area contributed by atoms with E-state index in [9.17, 15) is 20.1 Å². The van der Waals surface area contributed by atoms with Crippen LogP contribution in [0.25, 0.3) is 0 Å². The van der Waals surface area contributed by atoms with Crippen LogP contribution in [0.3, 0.4) is 0 Å². The zero-order chi connectivity index (χ0) is 31.9. The van der Waals surface area contributed by atoms with Crippen LogP contribution in [-0.4, -0.2) is 44.7 Å². The summed E-state index contributed by atoms with van der Waals surface area (Å²) >= 11 is 0. The first-order chi connectivity index (χ1) is 18.6. The van der Waals surface area contributed by atoms with Gasteiger partial charge in [-0.2, -0.15) is 0 Å². The average Bonchev–Trinajstić information content (AvgIpc) is 2.83. The molecule has 1 unspecified atom stereocenters. The van der Waals surface area contributed by atoms with Gasteiger partial charge in [-0.3, -0.25) is 4.79 Å². The van der Waals surface area contributed by atoms with Crippen LogP contribution in [0.4, 0.5) is 0 Å². The molecule has 0 amide bonds. The van der Waals surface area contributed by atoms with Crippen molar-refractivity contribution >= 4 is 5.97 Å². The van der Waals surface area contributed by atoms with E-state index in [1.165, 1.54) is 0 Å². The lowest BCUT2D eigenvalue weighted by Gasteiger charge is -2.23. The Kier molecular flexibility index (Phi) is 12.7. The molecule has 0 saturated heterocycles. The lowest BCUT2D eigenvalue weighted by molar-refractivity contribution is -0.159. The van der Waals surface area contributed by atoms with Crippen LogP contribution in [0.2, 0.25) is 0 Å². The highest BCUT2D eigenvalue weighted by molar-refractivity contribution is 5.70. The molecule has 0 aliphatic heterocycles. The Hall–Kier alpha value is -2.83. The van der Waals surface area contributed by atoms with Gasteiger partial charge in [-0.15, -0.1) is 0 Å². The Labute approximate surface area is 248 Å². The van der Waals surface area contributed by atoms with Crippen LogP contribution >= 0.6 is 0 Å². The Morgan fingerprint density at radius 3 is 1.61 bits per heavy atom. The average molecular weight is 571 g/mol. The standard InChI is InChI=1S/C18H28O4.C17H26O2/c1-12-9-13(10-14(16(12)21)17(2,3)4)7-8-15(20)22-18(5,6)11-19;1-11(2)15(18)8-7-13-9-12(3)16(19)14(10-13)17(4,5)6/h9-10,19,21H,7-8,11H2,1-6H3;9-10,15,18-19H,1,7-8H2,2-6H3. The molecular weight excluding hydrogens is 516 g/mol. The van der Waals surface area contributed by atoms with Crippen molar-refractivity contribution in [3.05, 3.63) is 69.8 Å². The van der Waals surface area contributed by atoms with Crippen LogP contribution in [0, 0.1) is 13.8 Å². The SMILES string of the molecule is C=C(C)C(O)CCc1cc(C)c(O)c(C(C)(C)C)c1.Cc1cc(CCC(=O)OC(C)(C)CO)cc(C(C)(C)C)c1O. The highest BCUT2D eigenvalue weighted by Gasteiger charge is 2.23. The monoisotopic (exact) mass is 570 g/mol. The summed E-state index contributed by atoms with van der Waals surface area (Å²) in [7, 11) is 0. The summed E-state index contributed by atoms with van der Waals surface area (Å²) in [5, 5.41) is 39.3. The molecule has 0 fully saturated rings. The Balaban J connectivity index is 0.000000414. The van der Waals surface area contributed by atoms with Crippen molar-refractivity contribution in [3.8, 4) is 11.5 Å². The number of aliphatic hydroxyl groups is 2. The largest absolute Gasteiger partial charge is 0.507 e. The van der Waals surface area contributed by atoms with Crippen LogP contribution < -0.4 is 0 Å². The van der Waals surface area contributed by atoms with Crippen LogP contribution in [0.1, 0.15) is 109 Å². The van der Waals surface area contributed by atoms with Gasteiger partial charge in [0.25, 0.3) is 0 Å². The van der Waals surface area contributed by atoms with Crippen LogP contribution in [0.15, 0.2) is 36.4 Å². The number of aliphatic hydroxyl groups excluding tert-OH is 2. The second-order valence-electron chi connectivity index (χ2n) is 13.9. The number of aromatic hydroxyl groups is 2. The van der Waals surface area contributed by atoms with Gasteiger partial charge in [0.15, 0.2) is 0 Å². The van der Waals surface area contributed by atoms with E-state index in [1.807, 2.05) is 65.8 Å². The molecule has 6 heteroatoms. The zero-order valence-electron chi connectivity index (χ0n) is 27.2. The molecule has 1 atom stereocenters. The van der Waals surface area contributed by atoms with Crippen molar-refractivity contribution in [2.45, 2.75) is 124 Å². The van der Waals surface area contributed by atoms with Crippen LogP contribution in [-0.2, 0) is 33.2 Å². The summed E-state index contributed by atoms with van der Waals surface area (Å²) in [6.45, 7) is 24.9. The highest BCUT2D eigenvalue weighted by atomic mass is 16.6. The summed E-state index contributed by atoms with van der Waals surface area (Å²) in [6, 6.07) is 7.89. The lowest BCUT2D eigenvalue weighted by atomic mass is 9.83. The van der Waals surface area contributed by atoms with E-state index >= 15 is 0 Å². The van der Waals surface area contributed by atoms with Crippen LogP contribution in [0.5, 0.6) is 11.5 Å². The molecule has 0 radical (unpaired) electrons. The number of ether oxygens (including phenoxy) is 1. The highest BCUT2D eigenvalue weighted by Crippen LogP contribution is 2.35. The van der Waals surface area contributed by atoms with E-state index in [2.05, 4.69) is 27.4 Å². The number of carbonyl (C=O) groups is 1. The van der Waals surface area contributed by atoms with Gasteiger partial charge in [0.05, 0.1) is 12.7 Å². The topological polar surface area (TPSA) is 107 Å². The number of carbonyl (C=O) groups excluding carboxylic acids is 1. The van der Waals surface area contributed by atoms with Crippen molar-refractivity contribution in [2.75, 3.05) is 6.61 Å². The van der Waals surface area contributed by atoms with E-state index in [0.717, 1.165) is 45.4 Å². The molecule has 4 N–H and O–H groups in total. The third-order valence-corrected chi connectivity index (χ3v) is 7.00. The van der Waals surface area contributed by atoms with E-state index in [1.54, 1.807) is 13.8 Å². The molecule has 0 bridgehead atoms. The van der Waals surface area contributed by atoms with Crippen molar-refractivity contribution in [2.24, 2.45) is 0 Å². The maximum atomic E-state index is 11.8. The fraction of sp³-hybridized carbons (Fsp3) is 0.571. The normalized spacial score (nSPS) is 12.8. The molecule has 0 aliphatic carbocycles.